The largest absolute Gasteiger partial charge is 0.355 e. The fourth-order valence-corrected chi connectivity index (χ4v) is 3.72. The molecule has 3 aromatic heterocycles. The monoisotopic (exact) mass is 290 g/mol. The zero-order chi connectivity index (χ0) is 13.0. The summed E-state index contributed by atoms with van der Waals surface area (Å²) in [5, 5.41) is 1.76. The molecule has 1 aliphatic heterocycles. The lowest BCUT2D eigenvalue weighted by molar-refractivity contribution is 0.612. The first-order valence-electron chi connectivity index (χ1n) is 6.19. The van der Waals surface area contributed by atoms with Crippen LogP contribution in [-0.2, 0) is 0 Å². The van der Waals surface area contributed by atoms with Gasteiger partial charge in [-0.15, -0.1) is 11.3 Å². The van der Waals surface area contributed by atoms with Crippen LogP contribution in [0.5, 0.6) is 0 Å². The minimum absolute atomic E-state index is 0.691. The van der Waals surface area contributed by atoms with Crippen molar-refractivity contribution in [2.45, 2.75) is 13.3 Å². The van der Waals surface area contributed by atoms with Crippen LogP contribution >= 0.6 is 22.9 Å². The Kier molecular flexibility index (Phi) is 2.40. The van der Waals surface area contributed by atoms with Crippen LogP contribution in [0.3, 0.4) is 0 Å². The summed E-state index contributed by atoms with van der Waals surface area (Å²) < 4.78 is 1.12. The Hall–Kier alpha value is -1.46. The summed E-state index contributed by atoms with van der Waals surface area (Å²) in [6, 6.07) is 0. The number of halogens is 1. The summed E-state index contributed by atoms with van der Waals surface area (Å²) in [6.07, 6.45) is 4.59. The average Bonchev–Trinajstić information content (AvgIpc) is 2.72. The second-order valence-electron chi connectivity index (χ2n) is 4.73. The normalized spacial score (nSPS) is 15.2. The van der Waals surface area contributed by atoms with Gasteiger partial charge in [-0.3, -0.25) is 0 Å². The van der Waals surface area contributed by atoms with Crippen molar-refractivity contribution >= 4 is 49.2 Å². The SMILES string of the molecule is Cc1c(Cl)cnc2sc3c(N4CCC4)ncnc3c12. The zero-order valence-corrected chi connectivity index (χ0v) is 11.9. The number of aryl methyl sites for hydroxylation is 1. The number of fused-ring (bicyclic) bond motifs is 3. The number of nitrogens with zero attached hydrogens (tertiary/aromatic N) is 4. The molecule has 0 aromatic carbocycles. The second kappa shape index (κ2) is 4.02. The van der Waals surface area contributed by atoms with Gasteiger partial charge in [-0.1, -0.05) is 11.6 Å². The summed E-state index contributed by atoms with van der Waals surface area (Å²) in [7, 11) is 0. The Labute approximate surface area is 119 Å². The van der Waals surface area contributed by atoms with E-state index in [0.29, 0.717) is 5.02 Å². The van der Waals surface area contributed by atoms with E-state index in [1.54, 1.807) is 23.9 Å². The number of hydrogen-bond donors (Lipinski definition) is 0. The molecule has 4 heterocycles. The first-order chi connectivity index (χ1) is 9.25. The maximum absolute atomic E-state index is 6.17. The van der Waals surface area contributed by atoms with Crippen LogP contribution in [-0.4, -0.2) is 28.0 Å². The van der Waals surface area contributed by atoms with Gasteiger partial charge in [0.1, 0.15) is 17.0 Å². The summed E-state index contributed by atoms with van der Waals surface area (Å²) in [5.74, 6) is 1.04. The van der Waals surface area contributed by atoms with Gasteiger partial charge in [-0.25, -0.2) is 15.0 Å². The van der Waals surface area contributed by atoms with E-state index in [9.17, 15) is 0 Å². The van der Waals surface area contributed by atoms with Gasteiger partial charge in [0, 0.05) is 24.7 Å². The van der Waals surface area contributed by atoms with Gasteiger partial charge in [-0.2, -0.15) is 0 Å². The summed E-state index contributed by atoms with van der Waals surface area (Å²) in [5.41, 5.74) is 2.02. The molecule has 3 aromatic rings. The molecule has 0 saturated carbocycles. The molecule has 0 radical (unpaired) electrons. The van der Waals surface area contributed by atoms with Crippen molar-refractivity contribution in [1.29, 1.82) is 0 Å². The Bertz CT molecular complexity index is 794. The fraction of sp³-hybridized carbons (Fsp3) is 0.308. The topological polar surface area (TPSA) is 41.9 Å². The molecule has 0 amide bonds. The van der Waals surface area contributed by atoms with E-state index in [2.05, 4.69) is 19.9 Å². The number of aromatic nitrogens is 3. The first-order valence-corrected chi connectivity index (χ1v) is 7.38. The summed E-state index contributed by atoms with van der Waals surface area (Å²) >= 11 is 7.83. The van der Waals surface area contributed by atoms with Crippen molar-refractivity contribution in [3.8, 4) is 0 Å². The molecule has 4 rings (SSSR count). The smallest absolute Gasteiger partial charge is 0.150 e. The number of thiophene rings is 1. The molecule has 19 heavy (non-hydrogen) atoms. The van der Waals surface area contributed by atoms with Gasteiger partial charge < -0.3 is 4.90 Å². The van der Waals surface area contributed by atoms with E-state index < -0.39 is 0 Å². The number of rotatable bonds is 1. The van der Waals surface area contributed by atoms with Crippen LogP contribution in [0.1, 0.15) is 12.0 Å². The molecular formula is C13H11ClN4S. The van der Waals surface area contributed by atoms with Crippen molar-refractivity contribution in [1.82, 2.24) is 15.0 Å². The van der Waals surface area contributed by atoms with Crippen LogP contribution in [0.15, 0.2) is 12.5 Å². The molecule has 96 valence electrons. The van der Waals surface area contributed by atoms with Crippen LogP contribution in [0.4, 0.5) is 5.82 Å². The van der Waals surface area contributed by atoms with Crippen molar-refractivity contribution in [3.05, 3.63) is 23.1 Å². The van der Waals surface area contributed by atoms with Gasteiger partial charge in [0.25, 0.3) is 0 Å². The van der Waals surface area contributed by atoms with E-state index >= 15 is 0 Å². The highest BCUT2D eigenvalue weighted by atomic mass is 35.5. The third-order valence-electron chi connectivity index (χ3n) is 3.62. The van der Waals surface area contributed by atoms with E-state index in [1.165, 1.54) is 6.42 Å². The van der Waals surface area contributed by atoms with Crippen molar-refractivity contribution in [3.63, 3.8) is 0 Å². The minimum atomic E-state index is 0.691. The van der Waals surface area contributed by atoms with Crippen molar-refractivity contribution in [2.75, 3.05) is 18.0 Å². The fourth-order valence-electron chi connectivity index (χ4n) is 2.40. The standard InChI is InChI=1S/C13H11ClN4S/c1-7-8(14)5-15-13-9(7)10-11(19-13)12(17-6-16-10)18-3-2-4-18/h5-6H,2-4H2,1H3. The van der Waals surface area contributed by atoms with Gasteiger partial charge in [0.2, 0.25) is 0 Å². The van der Waals surface area contributed by atoms with Gasteiger partial charge >= 0.3 is 0 Å². The summed E-state index contributed by atoms with van der Waals surface area (Å²) in [4.78, 5) is 16.6. The van der Waals surface area contributed by atoms with Gasteiger partial charge in [0.15, 0.2) is 0 Å². The molecule has 0 bridgehead atoms. The van der Waals surface area contributed by atoms with Crippen LogP contribution in [0.25, 0.3) is 20.4 Å². The Morgan fingerprint density at radius 3 is 2.84 bits per heavy atom. The van der Waals surface area contributed by atoms with Crippen molar-refractivity contribution in [2.24, 2.45) is 0 Å². The Morgan fingerprint density at radius 1 is 1.26 bits per heavy atom. The first kappa shape index (κ1) is 11.4. The highest BCUT2D eigenvalue weighted by Gasteiger charge is 2.22. The average molecular weight is 291 g/mol. The molecule has 0 spiro atoms. The van der Waals surface area contributed by atoms with E-state index in [1.807, 2.05) is 6.92 Å². The van der Waals surface area contributed by atoms with E-state index in [4.69, 9.17) is 11.6 Å². The lowest BCUT2D eigenvalue weighted by Crippen LogP contribution is -2.37. The van der Waals surface area contributed by atoms with Crippen LogP contribution < -0.4 is 4.90 Å². The van der Waals surface area contributed by atoms with Gasteiger partial charge in [0.05, 0.1) is 15.2 Å². The maximum atomic E-state index is 6.17. The molecule has 0 N–H and O–H groups in total. The molecule has 0 atom stereocenters. The lowest BCUT2D eigenvalue weighted by Gasteiger charge is -2.31. The molecule has 0 unspecified atom stereocenters. The molecule has 6 heteroatoms. The maximum Gasteiger partial charge on any atom is 0.150 e. The molecule has 0 aliphatic carbocycles. The third-order valence-corrected chi connectivity index (χ3v) is 5.08. The minimum Gasteiger partial charge on any atom is -0.355 e. The van der Waals surface area contributed by atoms with Crippen LogP contribution in [0, 0.1) is 6.92 Å². The summed E-state index contributed by atoms with van der Waals surface area (Å²) in [6.45, 7) is 4.17. The Balaban J connectivity index is 2.11. The predicted octanol–water partition coefficient (Wildman–Crippen LogP) is 3.41. The lowest BCUT2D eigenvalue weighted by atomic mass is 10.2. The van der Waals surface area contributed by atoms with E-state index in [0.717, 1.165) is 44.9 Å². The Morgan fingerprint density at radius 2 is 2.11 bits per heavy atom. The molecule has 4 nitrogen and oxygen atoms in total. The highest BCUT2D eigenvalue weighted by molar-refractivity contribution is 7.26. The number of hydrogen-bond acceptors (Lipinski definition) is 5. The van der Waals surface area contributed by atoms with Gasteiger partial charge in [-0.05, 0) is 18.9 Å². The molecule has 1 saturated heterocycles. The second-order valence-corrected chi connectivity index (χ2v) is 6.14. The number of pyridine rings is 1. The molecular weight excluding hydrogens is 280 g/mol. The van der Waals surface area contributed by atoms with E-state index in [-0.39, 0.29) is 0 Å². The highest BCUT2D eigenvalue weighted by Crippen LogP contribution is 2.39. The van der Waals surface area contributed by atoms with Crippen molar-refractivity contribution < 1.29 is 0 Å². The third kappa shape index (κ3) is 1.55. The molecule has 1 fully saturated rings. The number of anilines is 1. The predicted molar refractivity (Wildman–Crippen MR) is 79.3 cm³/mol. The quantitative estimate of drug-likeness (QED) is 0.689. The van der Waals surface area contributed by atoms with Crippen LogP contribution in [0.2, 0.25) is 5.02 Å². The molecule has 1 aliphatic rings. The zero-order valence-electron chi connectivity index (χ0n) is 10.4.